The molecule has 23 heavy (non-hydrogen) atoms. The maximum absolute atomic E-state index is 9.53. The molecule has 0 fully saturated rings. The van der Waals surface area contributed by atoms with E-state index in [0.717, 1.165) is 28.4 Å². The average Bonchev–Trinajstić information content (AvgIpc) is 3.11. The molecule has 0 saturated carbocycles. The number of benzene rings is 1. The van der Waals surface area contributed by atoms with Crippen LogP contribution in [0.3, 0.4) is 0 Å². The molecule has 0 N–H and O–H groups in total. The van der Waals surface area contributed by atoms with E-state index in [1.165, 1.54) is 11.3 Å². The highest BCUT2D eigenvalue weighted by Crippen LogP contribution is 2.34. The van der Waals surface area contributed by atoms with Gasteiger partial charge in [0.15, 0.2) is 17.2 Å². The van der Waals surface area contributed by atoms with Gasteiger partial charge in [0.1, 0.15) is 16.8 Å². The molecule has 7 heteroatoms. The van der Waals surface area contributed by atoms with Crippen LogP contribution in [-0.2, 0) is 6.42 Å². The highest BCUT2D eigenvalue weighted by molar-refractivity contribution is 7.16. The van der Waals surface area contributed by atoms with Crippen LogP contribution in [0.4, 0.5) is 0 Å². The van der Waals surface area contributed by atoms with Gasteiger partial charge in [0.05, 0.1) is 14.2 Å². The van der Waals surface area contributed by atoms with Crippen LogP contribution in [0.15, 0.2) is 18.2 Å². The Kier molecular flexibility index (Phi) is 4.17. The fraction of sp³-hybridized carbons (Fsp3) is 0.312. The molecule has 3 rings (SSSR count). The fourth-order valence-electron chi connectivity index (χ4n) is 2.39. The zero-order valence-electron chi connectivity index (χ0n) is 13.2. The minimum Gasteiger partial charge on any atom is -0.493 e. The molecule has 0 spiro atoms. The first kappa shape index (κ1) is 15.3. The van der Waals surface area contributed by atoms with Crippen LogP contribution in [0.1, 0.15) is 24.0 Å². The first-order valence-electron chi connectivity index (χ1n) is 7.22. The lowest BCUT2D eigenvalue weighted by Crippen LogP contribution is -1.94. The zero-order valence-corrected chi connectivity index (χ0v) is 14.0. The van der Waals surface area contributed by atoms with E-state index >= 15 is 0 Å². The number of ether oxygens (including phenoxy) is 2. The van der Waals surface area contributed by atoms with Crippen LogP contribution in [-0.4, -0.2) is 28.8 Å². The highest BCUT2D eigenvalue weighted by atomic mass is 32.1. The Morgan fingerprint density at radius 2 is 2.04 bits per heavy atom. The van der Waals surface area contributed by atoms with E-state index in [0.29, 0.717) is 22.9 Å². The van der Waals surface area contributed by atoms with Crippen LogP contribution < -0.4 is 9.47 Å². The van der Waals surface area contributed by atoms with Crippen LogP contribution in [0.2, 0.25) is 0 Å². The van der Waals surface area contributed by atoms with E-state index in [-0.39, 0.29) is 0 Å². The van der Waals surface area contributed by atoms with Crippen molar-refractivity contribution in [1.82, 2.24) is 14.6 Å². The highest BCUT2D eigenvalue weighted by Gasteiger charge is 2.19. The predicted octanol–water partition coefficient (Wildman–Crippen LogP) is 3.30. The normalized spacial score (nSPS) is 10.7. The van der Waals surface area contributed by atoms with Gasteiger partial charge in [0, 0.05) is 12.0 Å². The van der Waals surface area contributed by atoms with Gasteiger partial charge in [0.2, 0.25) is 4.96 Å². The molecule has 118 valence electrons. The number of fused-ring (bicyclic) bond motifs is 1. The van der Waals surface area contributed by atoms with Crippen LogP contribution in [0, 0.1) is 11.3 Å². The number of aromatic nitrogens is 3. The van der Waals surface area contributed by atoms with Crippen molar-refractivity contribution in [3.63, 3.8) is 0 Å². The molecule has 2 aromatic heterocycles. The molecule has 0 aliphatic rings. The monoisotopic (exact) mass is 328 g/mol. The van der Waals surface area contributed by atoms with Crippen molar-refractivity contribution in [2.75, 3.05) is 14.2 Å². The van der Waals surface area contributed by atoms with Gasteiger partial charge in [-0.1, -0.05) is 18.3 Å². The summed E-state index contributed by atoms with van der Waals surface area (Å²) in [7, 11) is 3.17. The lowest BCUT2D eigenvalue weighted by molar-refractivity contribution is 0.355. The number of aryl methyl sites for hydroxylation is 1. The van der Waals surface area contributed by atoms with Crippen molar-refractivity contribution < 1.29 is 9.47 Å². The average molecular weight is 328 g/mol. The summed E-state index contributed by atoms with van der Waals surface area (Å²) >= 11 is 1.52. The third-order valence-electron chi connectivity index (χ3n) is 3.47. The Balaban J connectivity index is 2.13. The van der Waals surface area contributed by atoms with E-state index in [2.05, 4.69) is 23.1 Å². The SMILES string of the molecule is CCCc1nn2c(C#N)c(-c3ccc(OC)c(OC)c3)nc2s1. The molecule has 0 bridgehead atoms. The molecule has 0 aliphatic carbocycles. The second-order valence-electron chi connectivity index (χ2n) is 4.93. The molecule has 0 atom stereocenters. The minimum atomic E-state index is 0.436. The van der Waals surface area contributed by atoms with Gasteiger partial charge >= 0.3 is 0 Å². The number of nitriles is 1. The topological polar surface area (TPSA) is 72.4 Å². The van der Waals surface area contributed by atoms with E-state index in [1.54, 1.807) is 24.8 Å². The Hall–Kier alpha value is -2.59. The van der Waals surface area contributed by atoms with Crippen LogP contribution >= 0.6 is 11.3 Å². The summed E-state index contributed by atoms with van der Waals surface area (Å²) in [6.45, 7) is 2.10. The number of hydrogen-bond acceptors (Lipinski definition) is 6. The quantitative estimate of drug-likeness (QED) is 0.718. The molecule has 0 unspecified atom stereocenters. The van der Waals surface area contributed by atoms with Crippen molar-refractivity contribution in [3.8, 4) is 28.8 Å². The first-order valence-corrected chi connectivity index (χ1v) is 8.04. The van der Waals surface area contributed by atoms with Crippen molar-refractivity contribution in [1.29, 1.82) is 5.26 Å². The van der Waals surface area contributed by atoms with Gasteiger partial charge in [-0.15, -0.1) is 0 Å². The summed E-state index contributed by atoms with van der Waals surface area (Å²) in [5.41, 5.74) is 1.84. The Bertz CT molecular complexity index is 891. The second kappa shape index (κ2) is 6.26. The number of rotatable bonds is 5. The van der Waals surface area contributed by atoms with Gasteiger partial charge < -0.3 is 9.47 Å². The molecular formula is C16H16N4O2S. The molecule has 3 aromatic rings. The largest absolute Gasteiger partial charge is 0.493 e. The Morgan fingerprint density at radius 3 is 2.70 bits per heavy atom. The van der Waals surface area contributed by atoms with Gasteiger partial charge in [-0.2, -0.15) is 14.9 Å². The summed E-state index contributed by atoms with van der Waals surface area (Å²) in [5.74, 6) is 1.24. The first-order chi connectivity index (χ1) is 11.2. The molecule has 6 nitrogen and oxygen atoms in total. The maximum atomic E-state index is 9.53. The third-order valence-corrected chi connectivity index (χ3v) is 4.44. The summed E-state index contributed by atoms with van der Waals surface area (Å²) in [4.78, 5) is 5.32. The number of hydrogen-bond donors (Lipinski definition) is 0. The van der Waals surface area contributed by atoms with Gasteiger partial charge in [0.25, 0.3) is 0 Å². The van der Waals surface area contributed by atoms with Crippen molar-refractivity contribution in [2.24, 2.45) is 0 Å². The Labute approximate surface area is 137 Å². The number of imidazole rings is 1. The lowest BCUT2D eigenvalue weighted by Gasteiger charge is -2.08. The van der Waals surface area contributed by atoms with Gasteiger partial charge in [-0.25, -0.2) is 4.98 Å². The zero-order chi connectivity index (χ0) is 16.4. The Morgan fingerprint density at radius 1 is 1.26 bits per heavy atom. The van der Waals surface area contributed by atoms with Crippen LogP contribution in [0.5, 0.6) is 11.5 Å². The van der Waals surface area contributed by atoms with E-state index < -0.39 is 0 Å². The standard InChI is InChI=1S/C16H16N4O2S/c1-4-5-14-19-20-11(9-17)15(18-16(20)23-14)10-6-7-12(21-2)13(8-10)22-3/h6-8H,4-5H2,1-3H3. The summed E-state index contributed by atoms with van der Waals surface area (Å²) in [6, 6.07) is 7.70. The summed E-state index contributed by atoms with van der Waals surface area (Å²) < 4.78 is 12.2. The third kappa shape index (κ3) is 2.62. The fourth-order valence-corrected chi connectivity index (χ4v) is 3.38. The second-order valence-corrected chi connectivity index (χ2v) is 5.97. The molecule has 1 aromatic carbocycles. The van der Waals surface area contributed by atoms with E-state index in [4.69, 9.17) is 9.47 Å². The van der Waals surface area contributed by atoms with Gasteiger partial charge in [-0.05, 0) is 24.6 Å². The maximum Gasteiger partial charge on any atom is 0.214 e. The van der Waals surface area contributed by atoms with Crippen LogP contribution in [0.25, 0.3) is 16.2 Å². The molecule has 0 aliphatic heterocycles. The summed E-state index contributed by atoms with van der Waals surface area (Å²) in [6.07, 6.45) is 1.91. The lowest BCUT2D eigenvalue weighted by atomic mass is 10.1. The van der Waals surface area contributed by atoms with Gasteiger partial charge in [-0.3, -0.25) is 0 Å². The number of nitrogens with zero attached hydrogens (tertiary/aromatic N) is 4. The molecule has 0 amide bonds. The minimum absolute atomic E-state index is 0.436. The van der Waals surface area contributed by atoms with E-state index in [9.17, 15) is 5.26 Å². The van der Waals surface area contributed by atoms with Crippen molar-refractivity contribution >= 4 is 16.3 Å². The van der Waals surface area contributed by atoms with E-state index in [1.807, 2.05) is 12.1 Å². The molecule has 0 saturated heterocycles. The molecule has 0 radical (unpaired) electrons. The smallest absolute Gasteiger partial charge is 0.214 e. The summed E-state index contributed by atoms with van der Waals surface area (Å²) in [5, 5.41) is 15.0. The van der Waals surface area contributed by atoms with Crippen molar-refractivity contribution in [3.05, 3.63) is 28.9 Å². The molecule has 2 heterocycles. The number of methoxy groups -OCH3 is 2. The predicted molar refractivity (Wildman–Crippen MR) is 88.1 cm³/mol. The molecular weight excluding hydrogens is 312 g/mol. The van der Waals surface area contributed by atoms with Crippen molar-refractivity contribution in [2.45, 2.75) is 19.8 Å².